The second kappa shape index (κ2) is 9.01. The molecule has 0 spiro atoms. The minimum absolute atomic E-state index is 0. The molecule has 2 rings (SSSR count). The van der Waals surface area contributed by atoms with Gasteiger partial charge in [-0.1, -0.05) is 18.9 Å². The molecule has 0 aliphatic heterocycles. The van der Waals surface area contributed by atoms with Crippen LogP contribution >= 0.6 is 12.4 Å². The summed E-state index contributed by atoms with van der Waals surface area (Å²) in [5, 5.41) is 15.0. The zero-order valence-electron chi connectivity index (χ0n) is 14.0. The largest absolute Gasteiger partial charge is 0.391 e. The van der Waals surface area contributed by atoms with Crippen molar-refractivity contribution in [2.75, 3.05) is 10.6 Å². The van der Waals surface area contributed by atoms with Gasteiger partial charge in [0.2, 0.25) is 11.8 Å². The van der Waals surface area contributed by atoms with E-state index < -0.39 is 18.1 Å². The number of carbonyl (C=O) groups is 2. The first-order valence-corrected chi connectivity index (χ1v) is 8.04. The zero-order valence-corrected chi connectivity index (χ0v) is 14.9. The summed E-state index contributed by atoms with van der Waals surface area (Å²) in [6.07, 6.45) is 3.14. The molecule has 24 heavy (non-hydrogen) atoms. The molecule has 0 bridgehead atoms. The number of hydrogen-bond acceptors (Lipinski definition) is 4. The van der Waals surface area contributed by atoms with E-state index in [2.05, 4.69) is 10.6 Å². The van der Waals surface area contributed by atoms with Crippen LogP contribution < -0.4 is 16.4 Å². The number of benzene rings is 1. The van der Waals surface area contributed by atoms with Crippen molar-refractivity contribution < 1.29 is 14.7 Å². The number of aryl methyl sites for hydroxylation is 1. The van der Waals surface area contributed by atoms with Crippen LogP contribution in [0.3, 0.4) is 0 Å². The van der Waals surface area contributed by atoms with Gasteiger partial charge in [-0.05, 0) is 44.4 Å². The second-order valence-corrected chi connectivity index (χ2v) is 6.26. The lowest BCUT2D eigenvalue weighted by Crippen LogP contribution is -2.43. The van der Waals surface area contributed by atoms with Crippen LogP contribution in [0.15, 0.2) is 18.2 Å². The topological polar surface area (TPSA) is 104 Å². The Morgan fingerprint density at radius 1 is 1.25 bits per heavy atom. The Balaban J connectivity index is 0.00000288. The molecule has 0 saturated heterocycles. The van der Waals surface area contributed by atoms with Crippen LogP contribution in [0.4, 0.5) is 11.4 Å². The predicted octanol–water partition coefficient (Wildman–Crippen LogP) is 2.19. The summed E-state index contributed by atoms with van der Waals surface area (Å²) in [6, 6.07) is 4.36. The number of amides is 2. The molecule has 1 aromatic rings. The van der Waals surface area contributed by atoms with E-state index in [1.54, 1.807) is 6.07 Å². The Kier molecular flexibility index (Phi) is 7.66. The van der Waals surface area contributed by atoms with Crippen molar-refractivity contribution in [1.29, 1.82) is 0 Å². The molecular formula is C17H26ClN3O3. The van der Waals surface area contributed by atoms with E-state index in [1.165, 1.54) is 6.92 Å². The van der Waals surface area contributed by atoms with Gasteiger partial charge in [0.05, 0.1) is 6.10 Å². The Morgan fingerprint density at radius 3 is 2.46 bits per heavy atom. The molecule has 1 aliphatic rings. The van der Waals surface area contributed by atoms with E-state index >= 15 is 0 Å². The summed E-state index contributed by atoms with van der Waals surface area (Å²) in [4.78, 5) is 24.1. The molecule has 134 valence electrons. The molecule has 1 aliphatic carbocycles. The second-order valence-electron chi connectivity index (χ2n) is 6.26. The normalized spacial score (nSPS) is 16.8. The van der Waals surface area contributed by atoms with Crippen LogP contribution in [0.2, 0.25) is 0 Å². The molecule has 0 heterocycles. The number of nitrogens with two attached hydrogens (primary N) is 1. The molecule has 2 amide bonds. The van der Waals surface area contributed by atoms with Crippen molar-refractivity contribution in [3.63, 3.8) is 0 Å². The number of halogens is 1. The van der Waals surface area contributed by atoms with E-state index in [1.807, 2.05) is 19.1 Å². The summed E-state index contributed by atoms with van der Waals surface area (Å²) < 4.78 is 0. The van der Waals surface area contributed by atoms with E-state index in [9.17, 15) is 14.7 Å². The lowest BCUT2D eigenvalue weighted by atomic mass is 10.1. The molecule has 2 atom stereocenters. The van der Waals surface area contributed by atoms with Crippen molar-refractivity contribution in [3.8, 4) is 0 Å². The van der Waals surface area contributed by atoms with Crippen LogP contribution in [-0.4, -0.2) is 29.1 Å². The third-order valence-corrected chi connectivity index (χ3v) is 4.31. The van der Waals surface area contributed by atoms with E-state index in [-0.39, 0.29) is 24.2 Å². The molecule has 6 nitrogen and oxygen atoms in total. The third kappa shape index (κ3) is 5.19. The first-order valence-electron chi connectivity index (χ1n) is 8.04. The molecule has 7 heteroatoms. The summed E-state index contributed by atoms with van der Waals surface area (Å²) in [6.45, 7) is 3.32. The fourth-order valence-corrected chi connectivity index (χ4v) is 2.70. The SMILES string of the molecule is Cc1ccc(NC(=O)C2CCCC2)cc1NC(=O)[C@@H](N)[C@@H](C)O.Cl. The number of nitrogens with one attached hydrogen (secondary N) is 2. The minimum Gasteiger partial charge on any atom is -0.391 e. The first kappa shape index (κ1) is 20.4. The van der Waals surface area contributed by atoms with Crippen molar-refractivity contribution in [2.45, 2.75) is 51.7 Å². The third-order valence-electron chi connectivity index (χ3n) is 4.31. The highest BCUT2D eigenvalue weighted by Crippen LogP contribution is 2.27. The maximum absolute atomic E-state index is 12.2. The predicted molar refractivity (Wildman–Crippen MR) is 97.3 cm³/mol. The Bertz CT molecular complexity index is 586. The van der Waals surface area contributed by atoms with Gasteiger partial charge in [-0.3, -0.25) is 9.59 Å². The summed E-state index contributed by atoms with van der Waals surface area (Å²) in [5.41, 5.74) is 7.71. The molecular weight excluding hydrogens is 330 g/mol. The number of hydrogen-bond donors (Lipinski definition) is 4. The first-order chi connectivity index (χ1) is 10.9. The van der Waals surface area contributed by atoms with Crippen LogP contribution in [0, 0.1) is 12.8 Å². The van der Waals surface area contributed by atoms with Gasteiger partial charge in [0.1, 0.15) is 6.04 Å². The maximum atomic E-state index is 12.2. The smallest absolute Gasteiger partial charge is 0.243 e. The summed E-state index contributed by atoms with van der Waals surface area (Å²) in [7, 11) is 0. The van der Waals surface area contributed by atoms with Gasteiger partial charge in [0.25, 0.3) is 0 Å². The quantitative estimate of drug-likeness (QED) is 0.649. The molecule has 0 unspecified atom stereocenters. The average Bonchev–Trinajstić information content (AvgIpc) is 3.04. The van der Waals surface area contributed by atoms with Gasteiger partial charge in [-0.2, -0.15) is 0 Å². The molecule has 0 radical (unpaired) electrons. The summed E-state index contributed by atoms with van der Waals surface area (Å²) >= 11 is 0. The van der Waals surface area contributed by atoms with Crippen molar-refractivity contribution >= 4 is 35.6 Å². The Hall–Kier alpha value is -1.63. The fraction of sp³-hybridized carbons (Fsp3) is 0.529. The van der Waals surface area contributed by atoms with Gasteiger partial charge in [0, 0.05) is 17.3 Å². The lowest BCUT2D eigenvalue weighted by Gasteiger charge is -2.17. The van der Waals surface area contributed by atoms with Gasteiger partial charge >= 0.3 is 0 Å². The minimum atomic E-state index is -0.994. The zero-order chi connectivity index (χ0) is 17.0. The molecule has 5 N–H and O–H groups in total. The van der Waals surface area contributed by atoms with Crippen molar-refractivity contribution in [2.24, 2.45) is 11.7 Å². The van der Waals surface area contributed by atoms with Gasteiger partial charge in [0.15, 0.2) is 0 Å². The number of aliphatic hydroxyl groups is 1. The lowest BCUT2D eigenvalue weighted by molar-refractivity contribution is -0.120. The van der Waals surface area contributed by atoms with E-state index in [0.29, 0.717) is 11.4 Å². The average molecular weight is 356 g/mol. The molecule has 0 aromatic heterocycles. The Labute approximate surface area is 148 Å². The Morgan fingerprint density at radius 2 is 1.88 bits per heavy atom. The van der Waals surface area contributed by atoms with Crippen molar-refractivity contribution in [3.05, 3.63) is 23.8 Å². The van der Waals surface area contributed by atoms with Crippen LogP contribution in [0.25, 0.3) is 0 Å². The van der Waals surface area contributed by atoms with Crippen LogP contribution in [0.1, 0.15) is 38.2 Å². The van der Waals surface area contributed by atoms with Crippen LogP contribution in [-0.2, 0) is 9.59 Å². The fourth-order valence-electron chi connectivity index (χ4n) is 2.70. The van der Waals surface area contributed by atoms with Gasteiger partial charge in [-0.15, -0.1) is 12.4 Å². The highest BCUT2D eigenvalue weighted by Gasteiger charge is 2.23. The molecule has 1 aromatic carbocycles. The monoisotopic (exact) mass is 355 g/mol. The van der Waals surface area contributed by atoms with Gasteiger partial charge in [-0.25, -0.2) is 0 Å². The number of anilines is 2. The highest BCUT2D eigenvalue weighted by molar-refractivity contribution is 5.97. The maximum Gasteiger partial charge on any atom is 0.243 e. The standard InChI is InChI=1S/C17H25N3O3.ClH/c1-10-7-8-13(19-16(22)12-5-3-4-6-12)9-14(10)20-17(23)15(18)11(2)21;/h7-9,11-12,15,21H,3-6,18H2,1-2H3,(H,19,22)(H,20,23);1H/t11-,15+;/m1./s1. The molecule has 1 saturated carbocycles. The van der Waals surface area contributed by atoms with Crippen LogP contribution in [0.5, 0.6) is 0 Å². The van der Waals surface area contributed by atoms with E-state index in [4.69, 9.17) is 5.73 Å². The van der Waals surface area contributed by atoms with Gasteiger partial charge < -0.3 is 21.5 Å². The highest BCUT2D eigenvalue weighted by atomic mass is 35.5. The summed E-state index contributed by atoms with van der Waals surface area (Å²) in [5.74, 6) is -0.343. The number of aliphatic hydroxyl groups excluding tert-OH is 1. The van der Waals surface area contributed by atoms with E-state index in [0.717, 1.165) is 31.2 Å². The van der Waals surface area contributed by atoms with Crippen molar-refractivity contribution in [1.82, 2.24) is 0 Å². The number of rotatable bonds is 5. The number of carbonyl (C=O) groups excluding carboxylic acids is 2. The molecule has 1 fully saturated rings.